The van der Waals surface area contributed by atoms with Crippen molar-refractivity contribution in [2.24, 2.45) is 0 Å². The molecular formula is C12H18O2. The van der Waals surface area contributed by atoms with Crippen molar-refractivity contribution in [3.63, 3.8) is 0 Å². The van der Waals surface area contributed by atoms with Crippen LogP contribution in [0, 0.1) is 0 Å². The van der Waals surface area contributed by atoms with E-state index in [2.05, 4.69) is 6.92 Å². The lowest BCUT2D eigenvalue weighted by Crippen LogP contribution is -2.21. The summed E-state index contributed by atoms with van der Waals surface area (Å²) in [6.45, 7) is 6.06. The first-order valence-electron chi connectivity index (χ1n) is 5.09. The van der Waals surface area contributed by atoms with Gasteiger partial charge in [0.2, 0.25) is 0 Å². The van der Waals surface area contributed by atoms with E-state index in [1.807, 2.05) is 44.2 Å². The highest BCUT2D eigenvalue weighted by molar-refractivity contribution is 5.20. The van der Waals surface area contributed by atoms with Crippen molar-refractivity contribution in [2.45, 2.75) is 39.6 Å². The van der Waals surface area contributed by atoms with E-state index in [9.17, 15) is 0 Å². The molecule has 0 N–H and O–H groups in total. The largest absolute Gasteiger partial charge is 0.465 e. The molecule has 2 heteroatoms. The fourth-order valence-electron chi connectivity index (χ4n) is 1.14. The number of benzene rings is 1. The zero-order valence-electron chi connectivity index (χ0n) is 9.07. The molecule has 1 rings (SSSR count). The molecule has 0 aromatic heterocycles. The Morgan fingerprint density at radius 1 is 1.14 bits per heavy atom. The quantitative estimate of drug-likeness (QED) is 0.670. The molecule has 2 unspecified atom stereocenters. The van der Waals surface area contributed by atoms with E-state index >= 15 is 0 Å². The van der Waals surface area contributed by atoms with Gasteiger partial charge in [0.25, 0.3) is 0 Å². The van der Waals surface area contributed by atoms with Crippen molar-refractivity contribution in [2.75, 3.05) is 0 Å². The van der Waals surface area contributed by atoms with Crippen LogP contribution >= 0.6 is 0 Å². The molecular weight excluding hydrogens is 176 g/mol. The molecule has 0 aliphatic rings. The Morgan fingerprint density at radius 2 is 1.79 bits per heavy atom. The van der Waals surface area contributed by atoms with Gasteiger partial charge in [-0.1, -0.05) is 25.1 Å². The standard InChI is InChI=1S/C12H18O2/c1-4-10(2)13-11(3)14-12-8-6-5-7-9-12/h5-11H,4H2,1-3H3. The molecule has 0 aliphatic heterocycles. The van der Waals surface area contributed by atoms with Crippen LogP contribution in [0.2, 0.25) is 0 Å². The van der Waals surface area contributed by atoms with E-state index < -0.39 is 0 Å². The van der Waals surface area contributed by atoms with E-state index in [0.29, 0.717) is 0 Å². The van der Waals surface area contributed by atoms with E-state index in [1.165, 1.54) is 0 Å². The van der Waals surface area contributed by atoms with Crippen LogP contribution in [0.5, 0.6) is 5.75 Å². The van der Waals surface area contributed by atoms with Crippen LogP contribution in [-0.4, -0.2) is 12.4 Å². The minimum Gasteiger partial charge on any atom is -0.465 e. The second-order valence-corrected chi connectivity index (χ2v) is 3.35. The molecule has 0 heterocycles. The second kappa shape index (κ2) is 5.66. The highest BCUT2D eigenvalue weighted by atomic mass is 16.7. The van der Waals surface area contributed by atoms with E-state index in [4.69, 9.17) is 9.47 Å². The molecule has 0 radical (unpaired) electrons. The van der Waals surface area contributed by atoms with Crippen LogP contribution in [0.25, 0.3) is 0 Å². The number of ether oxygens (including phenoxy) is 2. The fourth-order valence-corrected chi connectivity index (χ4v) is 1.14. The van der Waals surface area contributed by atoms with Crippen molar-refractivity contribution in [3.05, 3.63) is 30.3 Å². The average molecular weight is 194 g/mol. The summed E-state index contributed by atoms with van der Waals surface area (Å²) in [7, 11) is 0. The van der Waals surface area contributed by atoms with Crippen molar-refractivity contribution >= 4 is 0 Å². The third kappa shape index (κ3) is 3.79. The third-order valence-electron chi connectivity index (χ3n) is 2.04. The summed E-state index contributed by atoms with van der Waals surface area (Å²) >= 11 is 0. The zero-order valence-corrected chi connectivity index (χ0v) is 9.07. The van der Waals surface area contributed by atoms with Crippen LogP contribution in [-0.2, 0) is 4.74 Å². The summed E-state index contributed by atoms with van der Waals surface area (Å²) in [4.78, 5) is 0. The smallest absolute Gasteiger partial charge is 0.197 e. The zero-order chi connectivity index (χ0) is 10.4. The molecule has 1 aromatic carbocycles. The summed E-state index contributed by atoms with van der Waals surface area (Å²) in [5.41, 5.74) is 0. The maximum Gasteiger partial charge on any atom is 0.197 e. The molecule has 0 spiro atoms. The second-order valence-electron chi connectivity index (χ2n) is 3.35. The van der Waals surface area contributed by atoms with Crippen LogP contribution in [0.15, 0.2) is 30.3 Å². The van der Waals surface area contributed by atoms with E-state index in [0.717, 1.165) is 12.2 Å². The van der Waals surface area contributed by atoms with Crippen molar-refractivity contribution in [1.82, 2.24) is 0 Å². The predicted molar refractivity (Wildman–Crippen MR) is 57.4 cm³/mol. The Hall–Kier alpha value is -1.02. The van der Waals surface area contributed by atoms with Gasteiger partial charge in [0.15, 0.2) is 6.29 Å². The van der Waals surface area contributed by atoms with Gasteiger partial charge in [-0.2, -0.15) is 0 Å². The lowest BCUT2D eigenvalue weighted by molar-refractivity contribution is -0.102. The highest BCUT2D eigenvalue weighted by Gasteiger charge is 2.07. The third-order valence-corrected chi connectivity index (χ3v) is 2.04. The van der Waals surface area contributed by atoms with Gasteiger partial charge in [0.1, 0.15) is 5.75 Å². The molecule has 0 bridgehead atoms. The summed E-state index contributed by atoms with van der Waals surface area (Å²) < 4.78 is 11.1. The molecule has 78 valence electrons. The Balaban J connectivity index is 2.37. The topological polar surface area (TPSA) is 18.5 Å². The summed E-state index contributed by atoms with van der Waals surface area (Å²) in [6, 6.07) is 9.72. The van der Waals surface area contributed by atoms with E-state index in [1.54, 1.807) is 0 Å². The van der Waals surface area contributed by atoms with Crippen molar-refractivity contribution in [3.8, 4) is 5.75 Å². The summed E-state index contributed by atoms with van der Waals surface area (Å²) in [6.07, 6.45) is 1.06. The molecule has 0 fully saturated rings. The van der Waals surface area contributed by atoms with E-state index in [-0.39, 0.29) is 12.4 Å². The van der Waals surface area contributed by atoms with Gasteiger partial charge < -0.3 is 9.47 Å². The average Bonchev–Trinajstić information content (AvgIpc) is 2.19. The molecule has 2 nitrogen and oxygen atoms in total. The predicted octanol–water partition coefficient (Wildman–Crippen LogP) is 3.23. The Labute approximate surface area is 85.8 Å². The van der Waals surface area contributed by atoms with Crippen LogP contribution in [0.3, 0.4) is 0 Å². The van der Waals surface area contributed by atoms with Gasteiger partial charge in [0, 0.05) is 0 Å². The first-order chi connectivity index (χ1) is 6.72. The monoisotopic (exact) mass is 194 g/mol. The van der Waals surface area contributed by atoms with Gasteiger partial charge in [0.05, 0.1) is 6.10 Å². The SMILES string of the molecule is CCC(C)OC(C)Oc1ccccc1. The molecule has 0 aliphatic carbocycles. The molecule has 0 saturated heterocycles. The van der Waals surface area contributed by atoms with Crippen LogP contribution in [0.4, 0.5) is 0 Å². The van der Waals surface area contributed by atoms with Gasteiger partial charge >= 0.3 is 0 Å². The number of hydrogen-bond donors (Lipinski definition) is 0. The number of rotatable bonds is 5. The highest BCUT2D eigenvalue weighted by Crippen LogP contribution is 2.12. The van der Waals surface area contributed by atoms with Gasteiger partial charge in [-0.25, -0.2) is 0 Å². The fraction of sp³-hybridized carbons (Fsp3) is 0.500. The molecule has 0 saturated carbocycles. The molecule has 14 heavy (non-hydrogen) atoms. The molecule has 2 atom stereocenters. The van der Waals surface area contributed by atoms with Gasteiger partial charge in [-0.15, -0.1) is 0 Å². The van der Waals surface area contributed by atoms with Gasteiger partial charge in [-0.05, 0) is 32.4 Å². The lowest BCUT2D eigenvalue weighted by Gasteiger charge is -2.19. The maximum atomic E-state index is 5.58. The van der Waals surface area contributed by atoms with Crippen molar-refractivity contribution in [1.29, 1.82) is 0 Å². The lowest BCUT2D eigenvalue weighted by atomic mass is 10.3. The van der Waals surface area contributed by atoms with Crippen molar-refractivity contribution < 1.29 is 9.47 Å². The normalized spacial score (nSPS) is 14.8. The first kappa shape index (κ1) is 11.1. The number of para-hydroxylation sites is 1. The minimum absolute atomic E-state index is 0.188. The van der Waals surface area contributed by atoms with Crippen LogP contribution < -0.4 is 4.74 Å². The summed E-state index contributed by atoms with van der Waals surface area (Å²) in [5.74, 6) is 0.850. The first-order valence-corrected chi connectivity index (χ1v) is 5.09. The molecule has 0 amide bonds. The Bertz CT molecular complexity index is 246. The Kier molecular flexibility index (Phi) is 4.47. The summed E-state index contributed by atoms with van der Waals surface area (Å²) in [5, 5.41) is 0. The Morgan fingerprint density at radius 3 is 2.36 bits per heavy atom. The number of hydrogen-bond acceptors (Lipinski definition) is 2. The molecule has 1 aromatic rings. The van der Waals surface area contributed by atoms with Gasteiger partial charge in [-0.3, -0.25) is 0 Å². The van der Waals surface area contributed by atoms with Crippen LogP contribution in [0.1, 0.15) is 27.2 Å². The minimum atomic E-state index is -0.188. The maximum absolute atomic E-state index is 5.58.